The van der Waals surface area contributed by atoms with E-state index in [0.29, 0.717) is 17.0 Å². The largest absolute Gasteiger partial charge is 0.344 e. The number of aryl methyl sites for hydroxylation is 2. The Kier molecular flexibility index (Phi) is 9.67. The van der Waals surface area contributed by atoms with Crippen molar-refractivity contribution in [3.05, 3.63) is 215 Å². The lowest BCUT2D eigenvalue weighted by molar-refractivity contribution is 0.103. The number of hydrogen-bond acceptors (Lipinski definition) is 6. The Morgan fingerprint density at radius 1 is 0.655 bits per heavy atom. The van der Waals surface area contributed by atoms with E-state index >= 15 is 0 Å². The number of hydrogen-bond donors (Lipinski definition) is 0. The van der Waals surface area contributed by atoms with E-state index in [-0.39, 0.29) is 5.78 Å². The summed E-state index contributed by atoms with van der Waals surface area (Å²) in [5, 5.41) is 14.7. The minimum absolute atomic E-state index is 0.0444. The first-order valence-corrected chi connectivity index (χ1v) is 18.5. The summed E-state index contributed by atoms with van der Waals surface area (Å²) in [4.78, 5) is 22.5. The van der Waals surface area contributed by atoms with E-state index in [1.807, 2.05) is 123 Å². The van der Waals surface area contributed by atoms with Gasteiger partial charge in [-0.2, -0.15) is 0 Å². The Balaban J connectivity index is 1.18. The molecule has 2 heterocycles. The fourth-order valence-electron chi connectivity index (χ4n) is 7.46. The van der Waals surface area contributed by atoms with Gasteiger partial charge in [-0.15, -0.1) is 15.0 Å². The molecule has 8 rings (SSSR count). The number of tetrazole rings is 1. The fourth-order valence-corrected chi connectivity index (χ4v) is 7.46. The molecule has 0 saturated heterocycles. The summed E-state index contributed by atoms with van der Waals surface area (Å²) in [6, 6.07) is 59.0. The summed E-state index contributed by atoms with van der Waals surface area (Å²) in [6.45, 7) is 4.00. The molecule has 0 aliphatic heterocycles. The smallest absolute Gasteiger partial charge is 0.205 e. The average molecular weight is 717 g/mol. The topological polar surface area (TPSA) is 76.8 Å². The van der Waals surface area contributed by atoms with Gasteiger partial charge in [0.2, 0.25) is 5.82 Å². The SMILES string of the molecule is CCc1cc(N(C)c2ccc(-c3ccccc3-c3nnn(C(c4ccccc4)(c4ccccc4)c4ccccc4)n3)cc2)c(C(=O)c2ccccc2)c(C)n1. The minimum atomic E-state index is -0.875. The molecule has 0 unspecified atom stereocenters. The molecule has 0 aliphatic carbocycles. The second kappa shape index (κ2) is 15.2. The van der Waals surface area contributed by atoms with Crippen molar-refractivity contribution in [3.63, 3.8) is 0 Å². The van der Waals surface area contributed by atoms with Crippen molar-refractivity contribution in [2.24, 2.45) is 0 Å². The number of carbonyl (C=O) groups excluding carboxylic acids is 1. The zero-order valence-electron chi connectivity index (χ0n) is 31.0. The molecule has 8 aromatic rings. The highest BCUT2D eigenvalue weighted by atomic mass is 16.1. The lowest BCUT2D eigenvalue weighted by Crippen LogP contribution is -2.39. The molecule has 0 saturated carbocycles. The Labute approximate surface area is 321 Å². The predicted octanol–water partition coefficient (Wildman–Crippen LogP) is 10.1. The van der Waals surface area contributed by atoms with Gasteiger partial charge in [0.05, 0.1) is 16.9 Å². The third-order valence-electron chi connectivity index (χ3n) is 10.2. The van der Waals surface area contributed by atoms with Crippen molar-refractivity contribution in [3.8, 4) is 22.5 Å². The van der Waals surface area contributed by atoms with Gasteiger partial charge in [-0.1, -0.05) is 165 Å². The lowest BCUT2D eigenvalue weighted by Gasteiger charge is -2.34. The van der Waals surface area contributed by atoms with Gasteiger partial charge in [0.25, 0.3) is 0 Å². The van der Waals surface area contributed by atoms with Gasteiger partial charge in [0.1, 0.15) is 0 Å². The first kappa shape index (κ1) is 35.1. The van der Waals surface area contributed by atoms with Crippen LogP contribution in [0.2, 0.25) is 0 Å². The summed E-state index contributed by atoms with van der Waals surface area (Å²) in [7, 11) is 2.00. The van der Waals surface area contributed by atoms with Crippen LogP contribution in [0.5, 0.6) is 0 Å². The van der Waals surface area contributed by atoms with Gasteiger partial charge in [-0.25, -0.2) is 0 Å². The summed E-state index contributed by atoms with van der Waals surface area (Å²) in [5.74, 6) is 0.476. The summed E-state index contributed by atoms with van der Waals surface area (Å²) in [6.07, 6.45) is 0.763. The lowest BCUT2D eigenvalue weighted by atomic mass is 9.77. The monoisotopic (exact) mass is 716 g/mol. The Hall–Kier alpha value is -6.99. The van der Waals surface area contributed by atoms with Crippen molar-refractivity contribution in [2.75, 3.05) is 11.9 Å². The quantitative estimate of drug-likeness (QED) is 0.0980. The van der Waals surface area contributed by atoms with Crippen LogP contribution in [0.1, 0.15) is 50.9 Å². The number of nitrogens with zero attached hydrogens (tertiary/aromatic N) is 6. The third kappa shape index (κ3) is 6.50. The van der Waals surface area contributed by atoms with Crippen LogP contribution in [0, 0.1) is 6.92 Å². The van der Waals surface area contributed by atoms with Gasteiger partial charge < -0.3 is 4.90 Å². The predicted molar refractivity (Wildman–Crippen MR) is 220 cm³/mol. The van der Waals surface area contributed by atoms with Crippen LogP contribution in [0.3, 0.4) is 0 Å². The van der Waals surface area contributed by atoms with Crippen LogP contribution in [-0.4, -0.2) is 38.0 Å². The van der Waals surface area contributed by atoms with Crippen LogP contribution in [0.25, 0.3) is 22.5 Å². The normalized spacial score (nSPS) is 11.3. The number of carbonyl (C=O) groups is 1. The summed E-state index contributed by atoms with van der Waals surface area (Å²) in [5.41, 5.74) is 9.71. The van der Waals surface area contributed by atoms with Crippen LogP contribution < -0.4 is 4.90 Å². The highest BCUT2D eigenvalue weighted by Crippen LogP contribution is 2.41. The van der Waals surface area contributed by atoms with Crippen LogP contribution in [-0.2, 0) is 12.0 Å². The van der Waals surface area contributed by atoms with Crippen molar-refractivity contribution >= 4 is 17.2 Å². The number of anilines is 2. The Morgan fingerprint density at radius 2 is 1.16 bits per heavy atom. The third-order valence-corrected chi connectivity index (χ3v) is 10.2. The second-order valence-corrected chi connectivity index (χ2v) is 13.5. The molecule has 0 spiro atoms. The van der Waals surface area contributed by atoms with Crippen molar-refractivity contribution < 1.29 is 4.79 Å². The van der Waals surface area contributed by atoms with E-state index in [4.69, 9.17) is 20.4 Å². The molecule has 0 bridgehead atoms. The van der Waals surface area contributed by atoms with Gasteiger partial charge in [0.15, 0.2) is 11.3 Å². The molecule has 0 amide bonds. The molecule has 2 aromatic heterocycles. The first-order valence-electron chi connectivity index (χ1n) is 18.5. The van der Waals surface area contributed by atoms with E-state index in [0.717, 1.165) is 62.6 Å². The maximum atomic E-state index is 13.9. The number of benzene rings is 6. The standard InChI is InChI=1S/C48H40N6O/c1-4-40-33-44(45(34(2)49-40)46(55)36-19-9-5-10-20-36)53(3)41-31-29-35(30-32-41)42-27-17-18-28-43(42)47-50-52-54(51-47)48(37-21-11-6-12-22-37,38-23-13-7-14-24-38)39-25-15-8-16-26-39/h5-33H,4H2,1-3H3. The van der Waals surface area contributed by atoms with E-state index in [9.17, 15) is 4.79 Å². The number of ketones is 1. The molecule has 0 aliphatic rings. The van der Waals surface area contributed by atoms with Gasteiger partial charge in [-0.3, -0.25) is 9.78 Å². The van der Waals surface area contributed by atoms with Crippen molar-refractivity contribution in [1.82, 2.24) is 25.2 Å². The molecule has 6 aromatic carbocycles. The fraction of sp³-hybridized carbons (Fsp3) is 0.104. The van der Waals surface area contributed by atoms with Gasteiger partial charge >= 0.3 is 0 Å². The molecule has 0 N–H and O–H groups in total. The Bertz CT molecular complexity index is 2460. The number of aromatic nitrogens is 5. The molecular formula is C48H40N6O. The van der Waals surface area contributed by atoms with Crippen LogP contribution >= 0.6 is 0 Å². The molecular weight excluding hydrogens is 677 g/mol. The number of rotatable bonds is 11. The summed E-state index contributed by atoms with van der Waals surface area (Å²) >= 11 is 0. The average Bonchev–Trinajstić information content (AvgIpc) is 3.75. The molecule has 55 heavy (non-hydrogen) atoms. The van der Waals surface area contributed by atoms with Crippen LogP contribution in [0.15, 0.2) is 176 Å². The van der Waals surface area contributed by atoms with E-state index in [1.165, 1.54) is 0 Å². The molecule has 7 nitrogen and oxygen atoms in total. The van der Waals surface area contributed by atoms with E-state index in [1.54, 1.807) is 4.80 Å². The maximum absolute atomic E-state index is 13.9. The van der Waals surface area contributed by atoms with Crippen molar-refractivity contribution in [1.29, 1.82) is 0 Å². The molecule has 268 valence electrons. The zero-order valence-corrected chi connectivity index (χ0v) is 31.0. The minimum Gasteiger partial charge on any atom is -0.344 e. The highest BCUT2D eigenvalue weighted by Gasteiger charge is 2.41. The maximum Gasteiger partial charge on any atom is 0.205 e. The highest BCUT2D eigenvalue weighted by molar-refractivity contribution is 6.13. The van der Waals surface area contributed by atoms with E-state index in [2.05, 4.69) is 78.6 Å². The molecule has 7 heteroatoms. The Morgan fingerprint density at radius 3 is 1.71 bits per heavy atom. The molecule has 0 fully saturated rings. The molecule has 0 atom stereocenters. The summed E-state index contributed by atoms with van der Waals surface area (Å²) < 4.78 is 0. The van der Waals surface area contributed by atoms with Crippen LogP contribution in [0.4, 0.5) is 11.4 Å². The second-order valence-electron chi connectivity index (χ2n) is 13.5. The van der Waals surface area contributed by atoms with Gasteiger partial charge in [-0.05, 0) is 64.6 Å². The zero-order chi connectivity index (χ0) is 37.8. The number of pyridine rings is 1. The van der Waals surface area contributed by atoms with E-state index < -0.39 is 5.54 Å². The van der Waals surface area contributed by atoms with Crippen molar-refractivity contribution in [2.45, 2.75) is 25.8 Å². The first-order chi connectivity index (χ1) is 27.0. The molecule has 0 radical (unpaired) electrons. The van der Waals surface area contributed by atoms with Gasteiger partial charge in [0, 0.05) is 29.6 Å².